The minimum Gasteiger partial charge on any atom is -0.393 e. The molecule has 0 bridgehead atoms. The maximum Gasteiger partial charge on any atom is 0.246 e. The van der Waals surface area contributed by atoms with E-state index in [-0.39, 0.29) is 35.8 Å². The second-order valence-corrected chi connectivity index (χ2v) is 24.0. The van der Waals surface area contributed by atoms with E-state index >= 15 is 0 Å². The Morgan fingerprint density at radius 2 is 1.48 bits per heavy atom. The van der Waals surface area contributed by atoms with Crippen LogP contribution >= 0.6 is 11.3 Å². The van der Waals surface area contributed by atoms with E-state index in [0.29, 0.717) is 63.8 Å². The highest BCUT2D eigenvalue weighted by Crippen LogP contribution is 2.40. The van der Waals surface area contributed by atoms with Gasteiger partial charge in [0.1, 0.15) is 23.2 Å². The number of carbonyl (C=O) groups is 4. The van der Waals surface area contributed by atoms with Crippen molar-refractivity contribution in [1.82, 2.24) is 40.0 Å². The third kappa shape index (κ3) is 14.9. The van der Waals surface area contributed by atoms with Crippen molar-refractivity contribution >= 4 is 46.0 Å². The van der Waals surface area contributed by atoms with Gasteiger partial charge in [-0.15, -0.1) is 11.3 Å². The molecule has 0 unspecified atom stereocenters. The fourth-order valence-electron chi connectivity index (χ4n) is 11.5. The minimum absolute atomic E-state index is 0.0297. The summed E-state index contributed by atoms with van der Waals surface area (Å²) < 4.78 is 4.26. The molecule has 1 aliphatic heterocycles. The first kappa shape index (κ1) is 59.0. The van der Waals surface area contributed by atoms with Crippen LogP contribution in [0.15, 0.2) is 121 Å². The van der Waals surface area contributed by atoms with E-state index in [1.54, 1.807) is 16.2 Å². The molecule has 2 aliphatic rings. The van der Waals surface area contributed by atoms with Gasteiger partial charge in [-0.25, -0.2) is 9.97 Å². The molecule has 4 amide bonds. The highest BCUT2D eigenvalue weighted by atomic mass is 32.1. The third-order valence-corrected chi connectivity index (χ3v) is 17.0. The molecule has 3 aromatic heterocycles. The molecule has 5 N–H and O–H groups in total. The topological polar surface area (TPSA) is 187 Å². The molecule has 0 radical (unpaired) electrons. The van der Waals surface area contributed by atoms with Gasteiger partial charge in [-0.05, 0) is 116 Å². The molecule has 2 fully saturated rings. The Labute approximate surface area is 486 Å². The Morgan fingerprint density at radius 3 is 2.20 bits per heavy atom. The molecule has 4 heterocycles. The summed E-state index contributed by atoms with van der Waals surface area (Å²) in [7, 11) is 0. The van der Waals surface area contributed by atoms with Crippen LogP contribution in [0.5, 0.6) is 0 Å². The van der Waals surface area contributed by atoms with Crippen LogP contribution in [0.25, 0.3) is 43.9 Å². The smallest absolute Gasteiger partial charge is 0.246 e. The first-order chi connectivity index (χ1) is 39.7. The first-order valence-corrected chi connectivity index (χ1v) is 30.3. The Bertz CT molecular complexity index is 3430. The molecule has 1 saturated heterocycles. The predicted molar refractivity (Wildman–Crippen MR) is 325 cm³/mol. The van der Waals surface area contributed by atoms with Crippen LogP contribution in [-0.2, 0) is 32.3 Å². The lowest BCUT2D eigenvalue weighted by atomic mass is 9.85. The fourth-order valence-corrected chi connectivity index (χ4v) is 12.3. The van der Waals surface area contributed by atoms with Crippen LogP contribution in [-0.4, -0.2) is 84.0 Å². The number of carbonyl (C=O) groups excluding carboxylic acids is 4. The van der Waals surface area contributed by atoms with Gasteiger partial charge in [0.05, 0.1) is 39.6 Å². The molecule has 1 aliphatic carbocycles. The number of hydrogen-bond donors (Lipinski definition) is 5. The molecule has 1 saturated carbocycles. The number of thiazole rings is 1. The molecular weight excluding hydrogens is 1040 g/mol. The normalized spacial score (nSPS) is 16.5. The number of unbranched alkanes of at least 4 members (excludes halogenated alkanes) is 5. The summed E-state index contributed by atoms with van der Waals surface area (Å²) in [5.74, 6) is 6.14. The maximum atomic E-state index is 14.0. The zero-order valence-electron chi connectivity index (χ0n) is 48.0. The summed E-state index contributed by atoms with van der Waals surface area (Å²) in [5, 5.41) is 29.9. The van der Waals surface area contributed by atoms with Crippen LogP contribution in [0.1, 0.15) is 146 Å². The summed E-state index contributed by atoms with van der Waals surface area (Å²) in [6.45, 7) is 9.74. The predicted octanol–water partition coefficient (Wildman–Crippen LogP) is 11.4. The SMILES string of the molecule is Cc1ncsc1-c1ccc(CNC(=O)[C@@H]2CCCN2C(=O)[C@@H](NC(=O)CCCCCCNC(=O)CCCCC#Cc2cccc(Cn3c(-c4ccccc4)c(-c4ccccc4)c4c(=N)n(C5CCC(O)CC5)cnc43)c2)C(C)(C)C)cc1. The lowest BCUT2D eigenvalue weighted by Gasteiger charge is -2.35. The number of nitrogens with one attached hydrogen (secondary N) is 4. The first-order valence-electron chi connectivity index (χ1n) is 29.4. The van der Waals surface area contributed by atoms with E-state index in [0.717, 1.165) is 130 Å². The number of aliphatic hydroxyl groups is 1. The van der Waals surface area contributed by atoms with Crippen molar-refractivity contribution in [2.75, 3.05) is 13.1 Å². The number of hydrogen-bond acceptors (Lipinski definition) is 9. The van der Waals surface area contributed by atoms with E-state index < -0.39 is 17.5 Å². The summed E-state index contributed by atoms with van der Waals surface area (Å²) in [6.07, 6.45) is 12.0. The highest BCUT2D eigenvalue weighted by molar-refractivity contribution is 7.13. The van der Waals surface area contributed by atoms with Crippen molar-refractivity contribution < 1.29 is 24.3 Å². The van der Waals surface area contributed by atoms with Gasteiger partial charge < -0.3 is 35.1 Å². The number of benzene rings is 4. The molecule has 82 heavy (non-hydrogen) atoms. The molecular formula is C67H79N9O5S. The van der Waals surface area contributed by atoms with E-state index in [4.69, 9.17) is 4.98 Å². The maximum absolute atomic E-state index is 14.0. The Balaban J connectivity index is 0.697. The Hall–Kier alpha value is -7.67. The van der Waals surface area contributed by atoms with Gasteiger partial charge in [-0.1, -0.05) is 143 Å². The van der Waals surface area contributed by atoms with E-state index in [1.165, 1.54) is 0 Å². The van der Waals surface area contributed by atoms with Crippen molar-refractivity contribution in [3.05, 3.63) is 149 Å². The monoisotopic (exact) mass is 1120 g/mol. The van der Waals surface area contributed by atoms with Gasteiger partial charge in [-0.3, -0.25) is 24.6 Å². The van der Waals surface area contributed by atoms with Gasteiger partial charge in [0.25, 0.3) is 0 Å². The van der Waals surface area contributed by atoms with E-state index in [9.17, 15) is 29.7 Å². The van der Waals surface area contributed by atoms with Gasteiger partial charge in [0.15, 0.2) is 0 Å². The van der Waals surface area contributed by atoms with Crippen LogP contribution < -0.4 is 21.4 Å². The lowest BCUT2D eigenvalue weighted by Crippen LogP contribution is -2.57. The summed E-state index contributed by atoms with van der Waals surface area (Å²) in [5.41, 5.74) is 11.6. The van der Waals surface area contributed by atoms with Gasteiger partial charge in [0, 0.05) is 62.6 Å². The van der Waals surface area contributed by atoms with Crippen molar-refractivity contribution in [3.8, 4) is 44.7 Å². The van der Waals surface area contributed by atoms with Crippen molar-refractivity contribution in [1.29, 1.82) is 5.41 Å². The summed E-state index contributed by atoms with van der Waals surface area (Å²) >= 11 is 1.60. The summed E-state index contributed by atoms with van der Waals surface area (Å²) in [4.78, 5) is 65.7. The largest absolute Gasteiger partial charge is 0.393 e. The van der Waals surface area contributed by atoms with Crippen molar-refractivity contribution in [2.45, 2.75) is 161 Å². The summed E-state index contributed by atoms with van der Waals surface area (Å²) in [6, 6.07) is 35.8. The molecule has 9 rings (SSSR count). The van der Waals surface area contributed by atoms with Gasteiger partial charge in [0.2, 0.25) is 23.6 Å². The van der Waals surface area contributed by atoms with Crippen LogP contribution in [0.4, 0.5) is 0 Å². The zero-order valence-corrected chi connectivity index (χ0v) is 48.8. The van der Waals surface area contributed by atoms with Crippen LogP contribution in [0, 0.1) is 29.6 Å². The number of aromatic nitrogens is 4. The second kappa shape index (κ2) is 27.9. The number of amides is 4. The van der Waals surface area contributed by atoms with Crippen LogP contribution in [0.3, 0.4) is 0 Å². The Kier molecular flexibility index (Phi) is 20.0. The fraction of sp³-hybridized carbons (Fsp3) is 0.418. The number of aryl methyl sites for hydroxylation is 1. The molecule has 4 aromatic carbocycles. The number of likely N-dealkylation sites (tertiary alicyclic amines) is 1. The second-order valence-electron chi connectivity index (χ2n) is 23.2. The average Bonchev–Trinajstić information content (AvgIpc) is 2.77. The molecule has 2 atom stereocenters. The van der Waals surface area contributed by atoms with E-state index in [2.05, 4.69) is 73.7 Å². The van der Waals surface area contributed by atoms with Crippen LogP contribution in [0.2, 0.25) is 0 Å². The van der Waals surface area contributed by atoms with Crippen molar-refractivity contribution in [3.63, 3.8) is 0 Å². The minimum atomic E-state index is -0.765. The lowest BCUT2D eigenvalue weighted by molar-refractivity contribution is -0.143. The molecule has 7 aromatic rings. The number of nitrogens with zero attached hydrogens (tertiary/aromatic N) is 5. The van der Waals surface area contributed by atoms with Gasteiger partial charge >= 0.3 is 0 Å². The highest BCUT2D eigenvalue weighted by Gasteiger charge is 2.42. The van der Waals surface area contributed by atoms with Crippen molar-refractivity contribution in [2.24, 2.45) is 5.41 Å². The molecule has 14 nitrogen and oxygen atoms in total. The standard InChI is InChI=1S/C67H79N9O5S/c1-46-61(82-45-72-46)52-33-31-48(32-34-52)42-70-65(80)55-28-20-40-74(55)66(81)62(67(2,3)4)73-57(79)30-17-7-8-18-39-69-56(78)29-16-6-5-11-21-47-22-19-23-49(41-47)43-75-60(51-26-14-10-15-27-51)58(50-24-12-9-13-25-50)59-63(68)76(44-71-64(59)75)53-35-37-54(77)38-36-53/h9-10,12-15,19,22-27,31-34,41,44-45,53-55,62,68,77H,5-8,16-18,20,28-30,35-40,42-43H2,1-4H3,(H,69,78)(H,70,80)(H,73,79)/t53?,54?,55-,62+/m0/s1. The third-order valence-electron chi connectivity index (χ3n) is 16.0. The average molecular weight is 1120 g/mol. The zero-order chi connectivity index (χ0) is 57.6. The quantitative estimate of drug-likeness (QED) is 0.0330. The molecule has 428 valence electrons. The number of rotatable bonds is 22. The van der Waals surface area contributed by atoms with E-state index in [1.807, 2.05) is 117 Å². The van der Waals surface area contributed by atoms with Gasteiger partial charge in [-0.2, -0.15) is 0 Å². The molecule has 0 spiro atoms. The number of fused-ring (bicyclic) bond motifs is 1. The Morgan fingerprint density at radius 1 is 0.768 bits per heavy atom. The number of aliphatic hydroxyl groups excluding tert-OH is 1. The molecule has 15 heteroatoms.